The van der Waals surface area contributed by atoms with Gasteiger partial charge in [0.2, 0.25) is 0 Å². The number of hydrogen-bond donors (Lipinski definition) is 0. The lowest BCUT2D eigenvalue weighted by atomic mass is 9.84. The van der Waals surface area contributed by atoms with E-state index >= 15 is 0 Å². The van der Waals surface area contributed by atoms with E-state index in [9.17, 15) is 4.79 Å². The molecule has 1 aromatic carbocycles. The summed E-state index contributed by atoms with van der Waals surface area (Å²) in [5, 5.41) is 0. The third-order valence-corrected chi connectivity index (χ3v) is 2.71. The monoisotopic (exact) mass is 250 g/mol. The highest BCUT2D eigenvalue weighted by atomic mass is 16.5. The van der Waals surface area contributed by atoms with Gasteiger partial charge in [-0.25, -0.2) is 0 Å². The minimum Gasteiger partial charge on any atom is -0.494 e. The molecule has 100 valence electrons. The summed E-state index contributed by atoms with van der Waals surface area (Å²) in [6, 6.07) is 7.19. The van der Waals surface area contributed by atoms with Crippen LogP contribution in [0.4, 0.5) is 0 Å². The normalized spacial score (nSPS) is 13.2. The summed E-state index contributed by atoms with van der Waals surface area (Å²) in [6.45, 7) is 8.53. The van der Waals surface area contributed by atoms with Crippen LogP contribution in [0.15, 0.2) is 24.3 Å². The van der Waals surface area contributed by atoms with Crippen LogP contribution in [0, 0.1) is 5.41 Å². The summed E-state index contributed by atoms with van der Waals surface area (Å²) in [6.07, 6.45) is -0.435. The first kappa shape index (κ1) is 14.7. The highest BCUT2D eigenvalue weighted by Crippen LogP contribution is 2.25. The highest BCUT2D eigenvalue weighted by molar-refractivity contribution is 6.00. The van der Waals surface area contributed by atoms with Crippen molar-refractivity contribution in [1.29, 1.82) is 0 Å². The average molecular weight is 250 g/mol. The quantitative estimate of drug-likeness (QED) is 0.752. The number of rotatable bonds is 5. The minimum atomic E-state index is -0.435. The maximum absolute atomic E-state index is 12.3. The molecule has 0 spiro atoms. The van der Waals surface area contributed by atoms with E-state index in [-0.39, 0.29) is 11.2 Å². The number of carbonyl (C=O) groups excluding carboxylic acids is 1. The van der Waals surface area contributed by atoms with Crippen LogP contribution in [0.5, 0.6) is 5.75 Å². The fourth-order valence-electron chi connectivity index (χ4n) is 1.89. The van der Waals surface area contributed by atoms with E-state index in [0.29, 0.717) is 12.2 Å². The first-order chi connectivity index (χ1) is 8.40. The van der Waals surface area contributed by atoms with Gasteiger partial charge in [0.25, 0.3) is 0 Å². The summed E-state index contributed by atoms with van der Waals surface area (Å²) >= 11 is 0. The molecule has 0 aliphatic rings. The fraction of sp³-hybridized carbons (Fsp3) is 0.533. The van der Waals surface area contributed by atoms with E-state index in [2.05, 4.69) is 0 Å². The van der Waals surface area contributed by atoms with Crippen LogP contribution in [0.3, 0.4) is 0 Å². The summed E-state index contributed by atoms with van der Waals surface area (Å²) in [7, 11) is 1.57. The Morgan fingerprint density at radius 3 is 2.17 bits per heavy atom. The number of methoxy groups -OCH3 is 1. The zero-order valence-corrected chi connectivity index (χ0v) is 11.8. The van der Waals surface area contributed by atoms with Crippen molar-refractivity contribution in [2.24, 2.45) is 5.41 Å². The van der Waals surface area contributed by atoms with Crippen LogP contribution in [0.2, 0.25) is 0 Å². The van der Waals surface area contributed by atoms with E-state index < -0.39 is 6.10 Å². The van der Waals surface area contributed by atoms with Crippen molar-refractivity contribution in [1.82, 2.24) is 0 Å². The zero-order valence-electron chi connectivity index (χ0n) is 11.8. The summed E-state index contributed by atoms with van der Waals surface area (Å²) in [4.78, 5) is 12.3. The van der Waals surface area contributed by atoms with Crippen LogP contribution in [0.1, 0.15) is 38.1 Å². The molecule has 0 aliphatic carbocycles. The Bertz CT molecular complexity index is 387. The lowest BCUT2D eigenvalue weighted by Crippen LogP contribution is -2.36. The molecule has 1 unspecified atom stereocenters. The van der Waals surface area contributed by atoms with Crippen molar-refractivity contribution in [2.75, 3.05) is 13.7 Å². The topological polar surface area (TPSA) is 35.5 Å². The van der Waals surface area contributed by atoms with Gasteiger partial charge in [0.15, 0.2) is 5.78 Å². The number of ether oxygens (including phenoxy) is 2. The van der Waals surface area contributed by atoms with Gasteiger partial charge < -0.3 is 9.47 Å². The van der Waals surface area contributed by atoms with Crippen molar-refractivity contribution in [3.05, 3.63) is 29.8 Å². The van der Waals surface area contributed by atoms with E-state index in [0.717, 1.165) is 5.75 Å². The van der Waals surface area contributed by atoms with Crippen LogP contribution in [-0.2, 0) is 4.74 Å². The molecule has 1 rings (SSSR count). The predicted molar refractivity (Wildman–Crippen MR) is 72.2 cm³/mol. The number of carbonyl (C=O) groups is 1. The second-order valence-electron chi connectivity index (χ2n) is 5.30. The molecule has 0 N–H and O–H groups in total. The van der Waals surface area contributed by atoms with Crippen molar-refractivity contribution >= 4 is 5.78 Å². The van der Waals surface area contributed by atoms with Crippen molar-refractivity contribution in [3.63, 3.8) is 0 Å². The first-order valence-electron chi connectivity index (χ1n) is 6.20. The third kappa shape index (κ3) is 3.57. The van der Waals surface area contributed by atoms with Gasteiger partial charge in [-0.15, -0.1) is 0 Å². The molecule has 0 radical (unpaired) electrons. The largest absolute Gasteiger partial charge is 0.494 e. The molecule has 18 heavy (non-hydrogen) atoms. The molecule has 3 nitrogen and oxygen atoms in total. The first-order valence-corrected chi connectivity index (χ1v) is 6.20. The Kier molecular flexibility index (Phi) is 4.91. The van der Waals surface area contributed by atoms with Gasteiger partial charge in [-0.1, -0.05) is 20.8 Å². The Balaban J connectivity index is 2.89. The molecule has 0 bridgehead atoms. The number of ketones is 1. The number of benzene rings is 1. The van der Waals surface area contributed by atoms with E-state index in [1.54, 1.807) is 19.2 Å². The van der Waals surface area contributed by atoms with Gasteiger partial charge in [-0.05, 0) is 36.6 Å². The molecule has 1 atom stereocenters. The summed E-state index contributed by atoms with van der Waals surface area (Å²) in [5.41, 5.74) is 0.435. The molecule has 0 saturated heterocycles. The molecule has 0 heterocycles. The molecule has 0 fully saturated rings. The Morgan fingerprint density at radius 1 is 1.22 bits per heavy atom. The van der Waals surface area contributed by atoms with E-state index in [1.807, 2.05) is 39.8 Å². The second kappa shape index (κ2) is 6.01. The molecule has 0 aliphatic heterocycles. The van der Waals surface area contributed by atoms with Crippen LogP contribution in [0.25, 0.3) is 0 Å². The van der Waals surface area contributed by atoms with Crippen LogP contribution < -0.4 is 4.74 Å². The zero-order chi connectivity index (χ0) is 13.8. The van der Waals surface area contributed by atoms with Crippen molar-refractivity contribution in [3.8, 4) is 5.75 Å². The van der Waals surface area contributed by atoms with Gasteiger partial charge in [0, 0.05) is 12.7 Å². The Hall–Kier alpha value is -1.35. The van der Waals surface area contributed by atoms with Crippen molar-refractivity contribution < 1.29 is 14.3 Å². The van der Waals surface area contributed by atoms with Crippen LogP contribution in [-0.4, -0.2) is 25.6 Å². The van der Waals surface area contributed by atoms with Gasteiger partial charge >= 0.3 is 0 Å². The van der Waals surface area contributed by atoms with Gasteiger partial charge in [-0.3, -0.25) is 4.79 Å². The minimum absolute atomic E-state index is 0.00745. The summed E-state index contributed by atoms with van der Waals surface area (Å²) in [5.74, 6) is 0.784. The lowest BCUT2D eigenvalue weighted by Gasteiger charge is -2.28. The smallest absolute Gasteiger partial charge is 0.192 e. The summed E-state index contributed by atoms with van der Waals surface area (Å²) < 4.78 is 10.7. The predicted octanol–water partition coefficient (Wildman–Crippen LogP) is 3.33. The third-order valence-electron chi connectivity index (χ3n) is 2.71. The van der Waals surface area contributed by atoms with Crippen molar-refractivity contribution in [2.45, 2.75) is 33.8 Å². The van der Waals surface area contributed by atoms with Gasteiger partial charge in [0.1, 0.15) is 11.9 Å². The lowest BCUT2D eigenvalue weighted by molar-refractivity contribution is 0.0196. The number of hydrogen-bond acceptors (Lipinski definition) is 3. The molecule has 0 amide bonds. The van der Waals surface area contributed by atoms with E-state index in [1.165, 1.54) is 0 Å². The molecule has 3 heteroatoms. The molecule has 1 aromatic rings. The SMILES string of the molecule is CCOc1ccc(C(=O)C(OC)C(C)(C)C)cc1. The Labute approximate surface area is 109 Å². The standard InChI is InChI=1S/C15H22O3/c1-6-18-12-9-7-11(8-10-12)13(16)14(17-5)15(2,3)4/h7-10,14H,6H2,1-5H3. The Morgan fingerprint density at radius 2 is 1.78 bits per heavy atom. The molecular formula is C15H22O3. The fourth-order valence-corrected chi connectivity index (χ4v) is 1.89. The van der Waals surface area contributed by atoms with E-state index in [4.69, 9.17) is 9.47 Å². The van der Waals surface area contributed by atoms with Gasteiger partial charge in [0.05, 0.1) is 6.61 Å². The average Bonchev–Trinajstić information content (AvgIpc) is 2.29. The van der Waals surface area contributed by atoms with Gasteiger partial charge in [-0.2, -0.15) is 0 Å². The molecular weight excluding hydrogens is 228 g/mol. The number of Topliss-reactive ketones (excluding diaryl/α,β-unsaturated/α-hetero) is 1. The molecule has 0 aromatic heterocycles. The maximum atomic E-state index is 12.3. The van der Waals surface area contributed by atoms with Crippen LogP contribution >= 0.6 is 0 Å². The molecule has 0 saturated carbocycles. The maximum Gasteiger partial charge on any atom is 0.192 e. The second-order valence-corrected chi connectivity index (χ2v) is 5.30. The highest BCUT2D eigenvalue weighted by Gasteiger charge is 2.31.